The molecule has 0 bridgehead atoms. The molecule has 9 nitrogen and oxygen atoms in total. The lowest BCUT2D eigenvalue weighted by Gasteiger charge is -2.14. The maximum Gasteiger partial charge on any atom is 0.251 e. The number of hydrogen-bond acceptors (Lipinski definition) is 8. The maximum atomic E-state index is 12.9. The minimum atomic E-state index is -0.589. The van der Waals surface area contributed by atoms with Crippen LogP contribution in [0.5, 0.6) is 11.5 Å². The summed E-state index contributed by atoms with van der Waals surface area (Å²) in [5.41, 5.74) is 7.32. The highest BCUT2D eigenvalue weighted by Crippen LogP contribution is 2.37. The van der Waals surface area contributed by atoms with Crippen molar-refractivity contribution in [2.75, 3.05) is 12.1 Å². The van der Waals surface area contributed by atoms with Gasteiger partial charge < -0.3 is 20.5 Å². The molecule has 5 rings (SSSR count). The number of hydrogen-bond donors (Lipinski definition) is 2. The van der Waals surface area contributed by atoms with Crippen LogP contribution in [0.2, 0.25) is 0 Å². The van der Waals surface area contributed by atoms with Gasteiger partial charge in [0.1, 0.15) is 5.00 Å². The SMILES string of the molecule is C[C@H](Sc1nnc(-c2ccc3c(c2)OCO3)n1-c1ccccc1)C(=O)Nc1sccc1C(N)=O. The van der Waals surface area contributed by atoms with Crippen LogP contribution in [-0.4, -0.2) is 38.6 Å². The number of benzene rings is 2. The van der Waals surface area contributed by atoms with E-state index < -0.39 is 11.2 Å². The highest BCUT2D eigenvalue weighted by molar-refractivity contribution is 8.00. The first kappa shape index (κ1) is 22.0. The van der Waals surface area contributed by atoms with E-state index in [1.807, 2.05) is 53.1 Å². The normalized spacial score (nSPS) is 13.0. The molecule has 0 unspecified atom stereocenters. The Balaban J connectivity index is 1.45. The van der Waals surface area contributed by atoms with E-state index in [1.165, 1.54) is 23.1 Å². The zero-order valence-corrected chi connectivity index (χ0v) is 19.6. The van der Waals surface area contributed by atoms with Crippen LogP contribution in [0.3, 0.4) is 0 Å². The minimum absolute atomic E-state index is 0.180. The molecule has 1 aliphatic heterocycles. The molecule has 0 spiro atoms. The summed E-state index contributed by atoms with van der Waals surface area (Å²) in [7, 11) is 0. The first-order chi connectivity index (χ1) is 16.5. The van der Waals surface area contributed by atoms with E-state index in [2.05, 4.69) is 15.5 Å². The van der Waals surface area contributed by atoms with Gasteiger partial charge in [-0.25, -0.2) is 0 Å². The Morgan fingerprint density at radius 2 is 1.91 bits per heavy atom. The zero-order chi connectivity index (χ0) is 23.7. The number of nitrogens with two attached hydrogens (primary N) is 1. The number of amides is 2. The number of anilines is 1. The molecule has 172 valence electrons. The Labute approximate surface area is 202 Å². The number of aromatic nitrogens is 3. The smallest absolute Gasteiger partial charge is 0.251 e. The number of para-hydroxylation sites is 1. The summed E-state index contributed by atoms with van der Waals surface area (Å²) in [5, 5.41) is 13.7. The summed E-state index contributed by atoms with van der Waals surface area (Å²) in [6, 6.07) is 16.8. The molecule has 0 fully saturated rings. The predicted octanol–water partition coefficient (Wildman–Crippen LogP) is 3.94. The van der Waals surface area contributed by atoms with Crippen molar-refractivity contribution in [3.63, 3.8) is 0 Å². The quantitative estimate of drug-likeness (QED) is 0.374. The van der Waals surface area contributed by atoms with E-state index in [1.54, 1.807) is 18.4 Å². The van der Waals surface area contributed by atoms with Gasteiger partial charge in [-0.05, 0) is 48.7 Å². The fourth-order valence-corrected chi connectivity index (χ4v) is 5.07. The predicted molar refractivity (Wildman–Crippen MR) is 130 cm³/mol. The first-order valence-corrected chi connectivity index (χ1v) is 12.0. The lowest BCUT2D eigenvalue weighted by molar-refractivity contribution is -0.115. The van der Waals surface area contributed by atoms with Gasteiger partial charge in [-0.3, -0.25) is 14.2 Å². The summed E-state index contributed by atoms with van der Waals surface area (Å²) >= 11 is 2.50. The lowest BCUT2D eigenvalue weighted by atomic mass is 10.2. The molecule has 4 aromatic rings. The van der Waals surface area contributed by atoms with E-state index in [4.69, 9.17) is 15.2 Å². The second kappa shape index (κ2) is 9.20. The highest BCUT2D eigenvalue weighted by Gasteiger charge is 2.24. The van der Waals surface area contributed by atoms with E-state index >= 15 is 0 Å². The summed E-state index contributed by atoms with van der Waals surface area (Å²) in [6.45, 7) is 1.95. The molecule has 3 N–H and O–H groups in total. The molecule has 2 aromatic heterocycles. The van der Waals surface area contributed by atoms with Gasteiger partial charge in [-0.1, -0.05) is 30.0 Å². The number of thiophene rings is 1. The van der Waals surface area contributed by atoms with Crippen LogP contribution in [0, 0.1) is 0 Å². The molecule has 0 radical (unpaired) electrons. The molecule has 0 saturated heterocycles. The number of primary amides is 1. The Bertz CT molecular complexity index is 1370. The third-order valence-corrected chi connectivity index (χ3v) is 6.97. The second-order valence-corrected chi connectivity index (χ2v) is 9.55. The van der Waals surface area contributed by atoms with Gasteiger partial charge in [0.15, 0.2) is 22.5 Å². The first-order valence-electron chi connectivity index (χ1n) is 10.3. The molecule has 1 aliphatic rings. The number of ether oxygens (including phenoxy) is 2. The number of carbonyl (C=O) groups excluding carboxylic acids is 2. The van der Waals surface area contributed by atoms with Crippen molar-refractivity contribution in [2.45, 2.75) is 17.3 Å². The van der Waals surface area contributed by atoms with E-state index in [0.29, 0.717) is 27.5 Å². The third-order valence-electron chi connectivity index (χ3n) is 5.10. The molecule has 34 heavy (non-hydrogen) atoms. The van der Waals surface area contributed by atoms with Crippen LogP contribution in [0.1, 0.15) is 17.3 Å². The number of fused-ring (bicyclic) bond motifs is 1. The van der Waals surface area contributed by atoms with Crippen LogP contribution in [-0.2, 0) is 4.79 Å². The number of carbonyl (C=O) groups is 2. The molecular weight excluding hydrogens is 474 g/mol. The van der Waals surface area contributed by atoms with Crippen LogP contribution in [0.4, 0.5) is 5.00 Å². The van der Waals surface area contributed by atoms with Crippen LogP contribution < -0.4 is 20.5 Å². The Kier molecular flexibility index (Phi) is 5.95. The van der Waals surface area contributed by atoms with Crippen LogP contribution in [0.25, 0.3) is 17.1 Å². The lowest BCUT2D eigenvalue weighted by Crippen LogP contribution is -2.24. The van der Waals surface area contributed by atoms with Gasteiger partial charge in [-0.2, -0.15) is 0 Å². The molecule has 1 atom stereocenters. The zero-order valence-electron chi connectivity index (χ0n) is 17.9. The van der Waals surface area contributed by atoms with Crippen molar-refractivity contribution >= 4 is 39.9 Å². The standard InChI is InChI=1S/C23H19N5O4S2/c1-13(21(30)25-22-16(19(24)29)9-10-33-22)34-23-27-26-20(28(23)15-5-3-2-4-6-15)14-7-8-17-18(11-14)32-12-31-17/h2-11,13H,12H2,1H3,(H2,24,29)(H,25,30)/t13-/m0/s1. The fraction of sp³-hybridized carbons (Fsp3) is 0.130. The summed E-state index contributed by atoms with van der Waals surface area (Å²) in [4.78, 5) is 24.4. The van der Waals surface area contributed by atoms with E-state index in [-0.39, 0.29) is 18.3 Å². The molecule has 2 aromatic carbocycles. The van der Waals surface area contributed by atoms with Crippen molar-refractivity contribution in [3.8, 4) is 28.6 Å². The maximum absolute atomic E-state index is 12.9. The number of thioether (sulfide) groups is 1. The number of nitrogens with one attached hydrogen (secondary N) is 1. The van der Waals surface area contributed by atoms with Crippen LogP contribution >= 0.6 is 23.1 Å². The molecular formula is C23H19N5O4S2. The topological polar surface area (TPSA) is 121 Å². The van der Waals surface area contributed by atoms with E-state index in [0.717, 1.165) is 11.3 Å². The van der Waals surface area contributed by atoms with Gasteiger partial charge in [-0.15, -0.1) is 21.5 Å². The average Bonchev–Trinajstić information content (AvgIpc) is 3.58. The van der Waals surface area contributed by atoms with Crippen molar-refractivity contribution in [1.82, 2.24) is 14.8 Å². The number of nitrogens with zero attached hydrogens (tertiary/aromatic N) is 3. The largest absolute Gasteiger partial charge is 0.454 e. The molecule has 11 heteroatoms. The Morgan fingerprint density at radius 3 is 2.71 bits per heavy atom. The molecule has 3 heterocycles. The average molecular weight is 494 g/mol. The highest BCUT2D eigenvalue weighted by atomic mass is 32.2. The van der Waals surface area contributed by atoms with Crippen molar-refractivity contribution in [2.24, 2.45) is 5.73 Å². The van der Waals surface area contributed by atoms with Crippen LogP contribution in [0.15, 0.2) is 65.1 Å². The molecule has 0 aliphatic carbocycles. The summed E-state index contributed by atoms with van der Waals surface area (Å²) in [5.74, 6) is 1.06. The van der Waals surface area contributed by atoms with E-state index in [9.17, 15) is 9.59 Å². The minimum Gasteiger partial charge on any atom is -0.454 e. The number of rotatable bonds is 7. The monoisotopic (exact) mass is 493 g/mol. The van der Waals surface area contributed by atoms with Gasteiger partial charge in [0, 0.05) is 11.3 Å². The van der Waals surface area contributed by atoms with Gasteiger partial charge in [0.25, 0.3) is 5.91 Å². The molecule has 0 saturated carbocycles. The van der Waals surface area contributed by atoms with Crippen molar-refractivity contribution in [3.05, 3.63) is 65.5 Å². The van der Waals surface area contributed by atoms with Crippen molar-refractivity contribution in [1.29, 1.82) is 0 Å². The van der Waals surface area contributed by atoms with Gasteiger partial charge >= 0.3 is 0 Å². The Morgan fingerprint density at radius 1 is 1.12 bits per heavy atom. The fourth-order valence-electron chi connectivity index (χ4n) is 3.40. The third kappa shape index (κ3) is 4.22. The summed E-state index contributed by atoms with van der Waals surface area (Å²) < 4.78 is 12.8. The second-order valence-electron chi connectivity index (χ2n) is 7.32. The van der Waals surface area contributed by atoms with Gasteiger partial charge in [0.2, 0.25) is 12.7 Å². The summed E-state index contributed by atoms with van der Waals surface area (Å²) in [6.07, 6.45) is 0. The Hall–Kier alpha value is -3.83. The van der Waals surface area contributed by atoms with Gasteiger partial charge in [0.05, 0.1) is 10.8 Å². The molecule has 2 amide bonds. The van der Waals surface area contributed by atoms with Crippen molar-refractivity contribution < 1.29 is 19.1 Å².